The fourth-order valence-corrected chi connectivity index (χ4v) is 4.77. The molecule has 0 saturated heterocycles. The molecule has 30 heavy (non-hydrogen) atoms. The highest BCUT2D eigenvalue weighted by molar-refractivity contribution is 7.92. The number of fused-ring (bicyclic) bond motifs is 1. The zero-order valence-electron chi connectivity index (χ0n) is 17.3. The SMILES string of the molecule is Cc1ccc(S(=O)(=O)N2CCCc3cc(NC(=O)COC(=O)C(C)C)ccc32)cc1. The molecule has 160 valence electrons. The van der Waals surface area contributed by atoms with Crippen LogP contribution in [0.5, 0.6) is 0 Å². The van der Waals surface area contributed by atoms with E-state index in [0.717, 1.165) is 11.1 Å². The summed E-state index contributed by atoms with van der Waals surface area (Å²) in [4.78, 5) is 23.8. The molecule has 2 aromatic rings. The summed E-state index contributed by atoms with van der Waals surface area (Å²) in [6.45, 7) is 5.34. The number of esters is 1. The van der Waals surface area contributed by atoms with Gasteiger partial charge < -0.3 is 10.1 Å². The van der Waals surface area contributed by atoms with E-state index < -0.39 is 21.9 Å². The van der Waals surface area contributed by atoms with Crippen LogP contribution in [0.2, 0.25) is 0 Å². The number of rotatable bonds is 6. The predicted octanol–water partition coefficient (Wildman–Crippen LogP) is 3.27. The Hall–Kier alpha value is -2.87. The minimum atomic E-state index is -3.67. The van der Waals surface area contributed by atoms with Gasteiger partial charge in [0.05, 0.1) is 16.5 Å². The lowest BCUT2D eigenvalue weighted by atomic mass is 10.0. The molecule has 0 saturated carbocycles. The van der Waals surface area contributed by atoms with E-state index in [-0.39, 0.29) is 17.4 Å². The first kappa shape index (κ1) is 21.8. The van der Waals surface area contributed by atoms with Crippen molar-refractivity contribution in [2.45, 2.75) is 38.5 Å². The smallest absolute Gasteiger partial charge is 0.308 e. The number of hydrogen-bond acceptors (Lipinski definition) is 5. The largest absolute Gasteiger partial charge is 0.455 e. The average molecular weight is 431 g/mol. The van der Waals surface area contributed by atoms with E-state index in [1.807, 2.05) is 6.92 Å². The van der Waals surface area contributed by atoms with Gasteiger partial charge in [-0.05, 0) is 55.7 Å². The number of carbonyl (C=O) groups is 2. The van der Waals surface area contributed by atoms with Gasteiger partial charge >= 0.3 is 5.97 Å². The van der Waals surface area contributed by atoms with Crippen molar-refractivity contribution in [2.24, 2.45) is 5.92 Å². The fourth-order valence-electron chi connectivity index (χ4n) is 3.23. The van der Waals surface area contributed by atoms with Crippen molar-refractivity contribution in [1.82, 2.24) is 0 Å². The predicted molar refractivity (Wildman–Crippen MR) is 115 cm³/mol. The monoisotopic (exact) mass is 430 g/mol. The molecule has 0 aromatic heterocycles. The lowest BCUT2D eigenvalue weighted by Crippen LogP contribution is -2.35. The van der Waals surface area contributed by atoms with Crippen LogP contribution in [0, 0.1) is 12.8 Å². The Morgan fingerprint density at radius 1 is 1.13 bits per heavy atom. The first-order valence-electron chi connectivity index (χ1n) is 9.87. The highest BCUT2D eigenvalue weighted by atomic mass is 32.2. The molecule has 2 aromatic carbocycles. The number of nitrogens with zero attached hydrogens (tertiary/aromatic N) is 1. The Bertz CT molecular complexity index is 1050. The molecule has 1 N–H and O–H groups in total. The van der Waals surface area contributed by atoms with E-state index in [2.05, 4.69) is 5.32 Å². The van der Waals surface area contributed by atoms with Gasteiger partial charge in [-0.15, -0.1) is 0 Å². The second kappa shape index (κ2) is 8.87. The average Bonchev–Trinajstić information content (AvgIpc) is 2.71. The van der Waals surface area contributed by atoms with Crippen molar-refractivity contribution >= 4 is 33.3 Å². The van der Waals surface area contributed by atoms with Crippen LogP contribution in [0.4, 0.5) is 11.4 Å². The molecule has 0 bridgehead atoms. The normalized spacial score (nSPS) is 13.7. The van der Waals surface area contributed by atoms with E-state index in [0.29, 0.717) is 30.8 Å². The molecule has 0 fully saturated rings. The van der Waals surface area contributed by atoms with E-state index in [1.54, 1.807) is 56.3 Å². The summed E-state index contributed by atoms with van der Waals surface area (Å²) in [7, 11) is -3.67. The van der Waals surface area contributed by atoms with Crippen LogP contribution in [-0.2, 0) is 30.8 Å². The van der Waals surface area contributed by atoms with Gasteiger partial charge in [0.1, 0.15) is 0 Å². The number of sulfonamides is 1. The summed E-state index contributed by atoms with van der Waals surface area (Å²) in [5.41, 5.74) is 2.99. The number of carbonyl (C=O) groups excluding carboxylic acids is 2. The van der Waals surface area contributed by atoms with Gasteiger partial charge in [-0.25, -0.2) is 8.42 Å². The zero-order valence-corrected chi connectivity index (χ0v) is 18.2. The third kappa shape index (κ3) is 4.81. The maximum absolute atomic E-state index is 13.1. The third-order valence-electron chi connectivity index (χ3n) is 4.87. The minimum absolute atomic E-state index is 0.255. The Labute approximate surface area is 177 Å². The molecule has 0 atom stereocenters. The molecule has 1 heterocycles. The summed E-state index contributed by atoms with van der Waals surface area (Å²) in [6, 6.07) is 11.9. The zero-order chi connectivity index (χ0) is 21.9. The van der Waals surface area contributed by atoms with E-state index in [4.69, 9.17) is 4.74 Å². The first-order chi connectivity index (χ1) is 14.2. The maximum Gasteiger partial charge on any atom is 0.308 e. The van der Waals surface area contributed by atoms with Crippen molar-refractivity contribution in [3.05, 3.63) is 53.6 Å². The van der Waals surface area contributed by atoms with Crippen molar-refractivity contribution in [3.63, 3.8) is 0 Å². The summed E-state index contributed by atoms with van der Waals surface area (Å²) in [6.07, 6.45) is 1.39. The van der Waals surface area contributed by atoms with Crippen molar-refractivity contribution < 1.29 is 22.7 Å². The molecule has 1 amide bonds. The number of benzene rings is 2. The lowest BCUT2D eigenvalue weighted by molar-refractivity contribution is -0.150. The van der Waals surface area contributed by atoms with Gasteiger partial charge in [-0.3, -0.25) is 13.9 Å². The van der Waals surface area contributed by atoms with Crippen LogP contribution in [0.15, 0.2) is 47.4 Å². The highest BCUT2D eigenvalue weighted by Crippen LogP contribution is 2.33. The molecule has 1 aliphatic heterocycles. The second-order valence-electron chi connectivity index (χ2n) is 7.65. The van der Waals surface area contributed by atoms with Gasteiger partial charge in [-0.2, -0.15) is 0 Å². The van der Waals surface area contributed by atoms with Gasteiger partial charge in [-0.1, -0.05) is 31.5 Å². The number of nitrogens with one attached hydrogen (secondary N) is 1. The van der Waals surface area contributed by atoms with Gasteiger partial charge in [0, 0.05) is 12.2 Å². The Kier molecular flexibility index (Phi) is 6.45. The highest BCUT2D eigenvalue weighted by Gasteiger charge is 2.29. The molecule has 1 aliphatic rings. The molecule has 0 aliphatic carbocycles. The molecule has 7 nitrogen and oxygen atoms in total. The minimum Gasteiger partial charge on any atom is -0.455 e. The van der Waals surface area contributed by atoms with Crippen LogP contribution in [0.3, 0.4) is 0 Å². The molecule has 8 heteroatoms. The molecular weight excluding hydrogens is 404 g/mol. The van der Waals surface area contributed by atoms with E-state index >= 15 is 0 Å². The van der Waals surface area contributed by atoms with Crippen molar-refractivity contribution in [2.75, 3.05) is 22.8 Å². The number of hydrogen-bond donors (Lipinski definition) is 1. The van der Waals surface area contributed by atoms with Crippen LogP contribution in [0.1, 0.15) is 31.4 Å². The van der Waals surface area contributed by atoms with Crippen LogP contribution in [0.25, 0.3) is 0 Å². The molecule has 3 rings (SSSR count). The molecular formula is C22H26N2O5S. The summed E-state index contributed by atoms with van der Waals surface area (Å²) in [5, 5.41) is 2.69. The number of anilines is 2. The van der Waals surface area contributed by atoms with E-state index in [1.165, 1.54) is 4.31 Å². The molecule has 0 spiro atoms. The second-order valence-corrected chi connectivity index (χ2v) is 9.51. The van der Waals surface area contributed by atoms with Gasteiger partial charge in [0.15, 0.2) is 6.61 Å². The number of aryl methyl sites for hydroxylation is 2. The molecule has 0 unspecified atom stereocenters. The number of amides is 1. The topological polar surface area (TPSA) is 92.8 Å². The Balaban J connectivity index is 1.77. The van der Waals surface area contributed by atoms with Crippen LogP contribution < -0.4 is 9.62 Å². The van der Waals surface area contributed by atoms with Crippen LogP contribution >= 0.6 is 0 Å². The standard InChI is InChI=1S/C22H26N2O5S/c1-15(2)22(26)29-14-21(25)23-18-8-11-20-17(13-18)5-4-12-24(20)30(27,28)19-9-6-16(3)7-10-19/h6-11,13,15H,4-5,12,14H2,1-3H3,(H,23,25). The summed E-state index contributed by atoms with van der Waals surface area (Å²) >= 11 is 0. The van der Waals surface area contributed by atoms with Crippen molar-refractivity contribution in [1.29, 1.82) is 0 Å². The molecule has 0 radical (unpaired) electrons. The van der Waals surface area contributed by atoms with E-state index in [9.17, 15) is 18.0 Å². The Morgan fingerprint density at radius 2 is 1.83 bits per heavy atom. The van der Waals surface area contributed by atoms with Gasteiger partial charge in [0.25, 0.3) is 15.9 Å². The summed E-state index contributed by atoms with van der Waals surface area (Å²) in [5.74, 6) is -1.18. The summed E-state index contributed by atoms with van der Waals surface area (Å²) < 4.78 is 32.6. The first-order valence-corrected chi connectivity index (χ1v) is 11.3. The van der Waals surface area contributed by atoms with Crippen molar-refractivity contribution in [3.8, 4) is 0 Å². The Morgan fingerprint density at radius 3 is 2.50 bits per heavy atom. The number of ether oxygens (including phenoxy) is 1. The quantitative estimate of drug-likeness (QED) is 0.710. The maximum atomic E-state index is 13.1. The van der Waals surface area contributed by atoms with Gasteiger partial charge in [0.2, 0.25) is 0 Å². The lowest BCUT2D eigenvalue weighted by Gasteiger charge is -2.31. The van der Waals surface area contributed by atoms with Crippen LogP contribution in [-0.4, -0.2) is 33.4 Å². The fraction of sp³-hybridized carbons (Fsp3) is 0.364. The third-order valence-corrected chi connectivity index (χ3v) is 6.69.